The average molecular weight is 494 g/mol. The van der Waals surface area contributed by atoms with Crippen molar-refractivity contribution in [3.63, 3.8) is 0 Å². The summed E-state index contributed by atoms with van der Waals surface area (Å²) in [6, 6.07) is 13.1. The highest BCUT2D eigenvalue weighted by Crippen LogP contribution is 2.22. The largest absolute Gasteiger partial charge is 0.352 e. The van der Waals surface area contributed by atoms with Crippen LogP contribution >= 0.6 is 11.6 Å². The van der Waals surface area contributed by atoms with E-state index < -0.39 is 28.5 Å². The Balaban J connectivity index is 2.39. The standard InChI is InChI=1S/C24H32ClN3O4S/c1-6-19-11-13-21(14-12-19)28(33(5,31)32)16-23(29)27(18(4)24(30)26-17(2)3)15-20-9-7-8-10-22(20)25/h7-14,17-18H,6,15-16H2,1-5H3,(H,26,30)/t18-/m0/s1. The van der Waals surface area contributed by atoms with E-state index in [-0.39, 0.29) is 18.5 Å². The zero-order valence-electron chi connectivity index (χ0n) is 19.7. The van der Waals surface area contributed by atoms with Gasteiger partial charge in [-0.25, -0.2) is 8.42 Å². The Morgan fingerprint density at radius 2 is 1.64 bits per heavy atom. The molecule has 0 fully saturated rings. The van der Waals surface area contributed by atoms with E-state index in [4.69, 9.17) is 11.6 Å². The Labute approximate surface area is 201 Å². The van der Waals surface area contributed by atoms with Crippen molar-refractivity contribution >= 4 is 39.1 Å². The van der Waals surface area contributed by atoms with Crippen LogP contribution < -0.4 is 9.62 Å². The molecule has 0 spiro atoms. The molecule has 1 atom stereocenters. The molecular formula is C24H32ClN3O4S. The number of aryl methyl sites for hydroxylation is 1. The Morgan fingerprint density at radius 1 is 1.03 bits per heavy atom. The summed E-state index contributed by atoms with van der Waals surface area (Å²) >= 11 is 6.30. The minimum Gasteiger partial charge on any atom is -0.352 e. The summed E-state index contributed by atoms with van der Waals surface area (Å²) in [7, 11) is -3.75. The summed E-state index contributed by atoms with van der Waals surface area (Å²) < 4.78 is 26.2. The zero-order valence-corrected chi connectivity index (χ0v) is 21.3. The molecule has 2 rings (SSSR count). The summed E-state index contributed by atoms with van der Waals surface area (Å²) in [6.45, 7) is 6.91. The Bertz CT molecular complexity index is 1070. The van der Waals surface area contributed by atoms with Crippen LogP contribution in [0.15, 0.2) is 48.5 Å². The van der Waals surface area contributed by atoms with Gasteiger partial charge in [0.2, 0.25) is 21.8 Å². The number of sulfonamides is 1. The molecule has 0 aliphatic carbocycles. The summed E-state index contributed by atoms with van der Waals surface area (Å²) in [5, 5.41) is 3.27. The number of carbonyl (C=O) groups is 2. The van der Waals surface area contributed by atoms with Crippen molar-refractivity contribution in [3.8, 4) is 0 Å². The number of rotatable bonds is 10. The fourth-order valence-electron chi connectivity index (χ4n) is 3.31. The van der Waals surface area contributed by atoms with Gasteiger partial charge in [-0.3, -0.25) is 13.9 Å². The molecule has 0 saturated carbocycles. The van der Waals surface area contributed by atoms with E-state index in [0.29, 0.717) is 16.3 Å². The Morgan fingerprint density at radius 3 is 2.15 bits per heavy atom. The number of hydrogen-bond acceptors (Lipinski definition) is 4. The van der Waals surface area contributed by atoms with Crippen molar-refractivity contribution in [2.75, 3.05) is 17.1 Å². The lowest BCUT2D eigenvalue weighted by Gasteiger charge is -2.32. The van der Waals surface area contributed by atoms with Crippen molar-refractivity contribution < 1.29 is 18.0 Å². The van der Waals surface area contributed by atoms with E-state index in [9.17, 15) is 18.0 Å². The van der Waals surface area contributed by atoms with Crippen molar-refractivity contribution in [1.82, 2.24) is 10.2 Å². The lowest BCUT2D eigenvalue weighted by molar-refractivity contribution is -0.139. The van der Waals surface area contributed by atoms with Gasteiger partial charge in [0.05, 0.1) is 11.9 Å². The van der Waals surface area contributed by atoms with E-state index in [1.165, 1.54) is 4.90 Å². The van der Waals surface area contributed by atoms with Crippen LogP contribution in [0.3, 0.4) is 0 Å². The third-order valence-corrected chi connectivity index (χ3v) is 6.72. The van der Waals surface area contributed by atoms with E-state index in [1.807, 2.05) is 32.9 Å². The highest BCUT2D eigenvalue weighted by atomic mass is 35.5. The lowest BCUT2D eigenvalue weighted by Crippen LogP contribution is -2.52. The normalized spacial score (nSPS) is 12.3. The van der Waals surface area contributed by atoms with Crippen molar-refractivity contribution in [2.45, 2.75) is 52.7 Å². The molecule has 33 heavy (non-hydrogen) atoms. The molecule has 2 aromatic carbocycles. The van der Waals surface area contributed by atoms with Gasteiger partial charge in [-0.2, -0.15) is 0 Å². The first-order valence-corrected chi connectivity index (χ1v) is 13.1. The van der Waals surface area contributed by atoms with Gasteiger partial charge in [-0.15, -0.1) is 0 Å². The quantitative estimate of drug-likeness (QED) is 0.547. The first kappa shape index (κ1) is 26.7. The van der Waals surface area contributed by atoms with Gasteiger partial charge in [0, 0.05) is 17.6 Å². The van der Waals surface area contributed by atoms with Crippen molar-refractivity contribution in [1.29, 1.82) is 0 Å². The van der Waals surface area contributed by atoms with Crippen LogP contribution in [0.4, 0.5) is 5.69 Å². The van der Waals surface area contributed by atoms with Gasteiger partial charge in [-0.05, 0) is 56.5 Å². The Kier molecular flexibility index (Phi) is 9.31. The molecule has 0 bridgehead atoms. The van der Waals surface area contributed by atoms with Gasteiger partial charge in [0.1, 0.15) is 12.6 Å². The van der Waals surface area contributed by atoms with E-state index in [0.717, 1.165) is 22.5 Å². The molecule has 2 aromatic rings. The van der Waals surface area contributed by atoms with Gasteiger partial charge < -0.3 is 10.2 Å². The predicted octanol–water partition coefficient (Wildman–Crippen LogP) is 3.61. The van der Waals surface area contributed by atoms with Crippen LogP contribution in [-0.4, -0.2) is 50.0 Å². The molecule has 9 heteroatoms. The van der Waals surface area contributed by atoms with Crippen molar-refractivity contribution in [2.24, 2.45) is 0 Å². The second-order valence-electron chi connectivity index (χ2n) is 8.24. The minimum absolute atomic E-state index is 0.0670. The van der Waals surface area contributed by atoms with E-state index >= 15 is 0 Å². The molecule has 1 N–H and O–H groups in total. The maximum atomic E-state index is 13.4. The second-order valence-corrected chi connectivity index (χ2v) is 10.6. The maximum absolute atomic E-state index is 13.4. The number of carbonyl (C=O) groups excluding carboxylic acids is 2. The SMILES string of the molecule is CCc1ccc(N(CC(=O)N(Cc2ccccc2Cl)[C@@H](C)C(=O)NC(C)C)S(C)(=O)=O)cc1. The number of halogens is 1. The van der Waals surface area contributed by atoms with E-state index in [1.54, 1.807) is 43.3 Å². The number of hydrogen-bond donors (Lipinski definition) is 1. The number of benzene rings is 2. The van der Waals surface area contributed by atoms with Crippen LogP contribution in [0.1, 0.15) is 38.8 Å². The fraction of sp³-hybridized carbons (Fsp3) is 0.417. The summed E-state index contributed by atoms with van der Waals surface area (Å²) in [4.78, 5) is 27.5. The third-order valence-electron chi connectivity index (χ3n) is 5.21. The summed E-state index contributed by atoms with van der Waals surface area (Å²) in [5.74, 6) is -0.838. The van der Waals surface area contributed by atoms with Gasteiger partial charge in [-0.1, -0.05) is 48.9 Å². The number of nitrogens with zero attached hydrogens (tertiary/aromatic N) is 2. The topological polar surface area (TPSA) is 86.8 Å². The minimum atomic E-state index is -3.75. The molecule has 0 unspecified atom stereocenters. The molecule has 0 saturated heterocycles. The smallest absolute Gasteiger partial charge is 0.244 e. The van der Waals surface area contributed by atoms with Gasteiger partial charge in [0.15, 0.2) is 0 Å². The number of anilines is 1. The number of amides is 2. The highest BCUT2D eigenvalue weighted by molar-refractivity contribution is 7.92. The van der Waals surface area contributed by atoms with Crippen LogP contribution in [0.2, 0.25) is 5.02 Å². The molecule has 7 nitrogen and oxygen atoms in total. The van der Waals surface area contributed by atoms with Gasteiger partial charge in [0.25, 0.3) is 0 Å². The number of nitrogens with one attached hydrogen (secondary N) is 1. The molecule has 2 amide bonds. The molecule has 0 radical (unpaired) electrons. The average Bonchev–Trinajstić information content (AvgIpc) is 2.75. The highest BCUT2D eigenvalue weighted by Gasteiger charge is 2.30. The fourth-order valence-corrected chi connectivity index (χ4v) is 4.35. The van der Waals surface area contributed by atoms with Gasteiger partial charge >= 0.3 is 0 Å². The first-order valence-electron chi connectivity index (χ1n) is 10.8. The van der Waals surface area contributed by atoms with Crippen LogP contribution in [0.5, 0.6) is 0 Å². The third kappa shape index (κ3) is 7.47. The maximum Gasteiger partial charge on any atom is 0.244 e. The molecule has 180 valence electrons. The Hall–Kier alpha value is -2.58. The van der Waals surface area contributed by atoms with Crippen LogP contribution in [0.25, 0.3) is 0 Å². The summed E-state index contributed by atoms with van der Waals surface area (Å²) in [6.07, 6.45) is 1.87. The second kappa shape index (κ2) is 11.5. The van der Waals surface area contributed by atoms with Crippen LogP contribution in [-0.2, 0) is 32.6 Å². The predicted molar refractivity (Wildman–Crippen MR) is 133 cm³/mol. The summed E-state index contributed by atoms with van der Waals surface area (Å²) in [5.41, 5.74) is 2.10. The van der Waals surface area contributed by atoms with Crippen molar-refractivity contribution in [3.05, 3.63) is 64.7 Å². The molecule has 0 aliphatic heterocycles. The first-order chi connectivity index (χ1) is 15.4. The lowest BCUT2D eigenvalue weighted by atomic mass is 10.1. The monoisotopic (exact) mass is 493 g/mol. The molecule has 0 heterocycles. The molecule has 0 aromatic heterocycles. The molecule has 0 aliphatic rings. The van der Waals surface area contributed by atoms with E-state index in [2.05, 4.69) is 5.32 Å². The zero-order chi connectivity index (χ0) is 24.8. The van der Waals surface area contributed by atoms with Crippen LogP contribution in [0, 0.1) is 0 Å². The molecular weight excluding hydrogens is 462 g/mol.